The van der Waals surface area contributed by atoms with Gasteiger partial charge in [-0.05, 0) is 37.5 Å². The number of esters is 2. The zero-order valence-electron chi connectivity index (χ0n) is 33.0. The van der Waals surface area contributed by atoms with Gasteiger partial charge in [-0.2, -0.15) is 0 Å². The molecule has 0 heterocycles. The molecule has 0 aromatic rings. The molecule has 3 N–H and O–H groups in total. The van der Waals surface area contributed by atoms with Crippen LogP contribution in [0.5, 0.6) is 0 Å². The molecule has 298 valence electrons. The van der Waals surface area contributed by atoms with Gasteiger partial charge in [0.15, 0.2) is 6.10 Å². The van der Waals surface area contributed by atoms with Crippen LogP contribution in [0.4, 0.5) is 0 Å². The van der Waals surface area contributed by atoms with Gasteiger partial charge in [0.1, 0.15) is 12.4 Å². The van der Waals surface area contributed by atoms with Crippen molar-refractivity contribution >= 4 is 17.7 Å². The first-order valence-electron chi connectivity index (χ1n) is 21.2. The Morgan fingerprint density at radius 3 is 1.80 bits per heavy atom. The molecule has 1 aliphatic rings. The molecule has 0 saturated heterocycles. The van der Waals surface area contributed by atoms with E-state index >= 15 is 0 Å². The third-order valence-corrected chi connectivity index (χ3v) is 10.4. The average Bonchev–Trinajstić information content (AvgIpc) is 3.37. The molecule has 0 amide bonds. The highest BCUT2D eigenvalue weighted by Crippen LogP contribution is 2.34. The predicted octanol–water partition coefficient (Wildman–Crippen LogP) is 9.74. The van der Waals surface area contributed by atoms with Gasteiger partial charge in [0, 0.05) is 25.2 Å². The van der Waals surface area contributed by atoms with E-state index in [9.17, 15) is 29.7 Å². The summed E-state index contributed by atoms with van der Waals surface area (Å²) in [4.78, 5) is 36.9. The molecule has 8 nitrogen and oxygen atoms in total. The molecule has 1 fully saturated rings. The second-order valence-corrected chi connectivity index (χ2v) is 15.7. The fraction of sp³-hybridized carbons (Fsp3) is 0.884. The van der Waals surface area contributed by atoms with Crippen molar-refractivity contribution in [2.45, 2.75) is 212 Å². The zero-order chi connectivity index (χ0) is 37.5. The Morgan fingerprint density at radius 1 is 0.745 bits per heavy atom. The molecule has 0 spiro atoms. The van der Waals surface area contributed by atoms with Crippen molar-refractivity contribution in [2.75, 3.05) is 13.2 Å². The minimum absolute atomic E-state index is 0.0363. The van der Waals surface area contributed by atoms with E-state index in [4.69, 9.17) is 9.47 Å². The van der Waals surface area contributed by atoms with Crippen molar-refractivity contribution < 1.29 is 39.2 Å². The highest BCUT2D eigenvalue weighted by molar-refractivity contribution is 5.86. The number of ether oxygens (including phenoxy) is 2. The summed E-state index contributed by atoms with van der Waals surface area (Å²) in [5, 5.41) is 30.2. The number of Topliss-reactive ketones (excluding diaryl/α,β-unsaturated/α-hetero) is 1. The Morgan fingerprint density at radius 2 is 1.25 bits per heavy atom. The molecular formula is C43H78O8. The van der Waals surface area contributed by atoms with Gasteiger partial charge in [-0.1, -0.05) is 161 Å². The summed E-state index contributed by atoms with van der Waals surface area (Å²) in [6.45, 7) is 6.20. The number of ketones is 1. The molecular weight excluding hydrogens is 644 g/mol. The van der Waals surface area contributed by atoms with Crippen molar-refractivity contribution in [1.29, 1.82) is 0 Å². The first-order chi connectivity index (χ1) is 24.7. The molecule has 0 aromatic carbocycles. The molecule has 0 aliphatic heterocycles. The third kappa shape index (κ3) is 25.8. The van der Waals surface area contributed by atoms with E-state index < -0.39 is 18.3 Å². The first-order valence-corrected chi connectivity index (χ1v) is 21.2. The maximum atomic E-state index is 12.4. The number of rotatable bonds is 34. The van der Waals surface area contributed by atoms with Crippen LogP contribution in [0.3, 0.4) is 0 Å². The molecule has 1 saturated carbocycles. The number of allylic oxidation sites excluding steroid dienone is 1. The Labute approximate surface area is 311 Å². The fourth-order valence-electron chi connectivity index (χ4n) is 7.11. The average molecular weight is 723 g/mol. The summed E-state index contributed by atoms with van der Waals surface area (Å²) in [6, 6.07) is 0. The number of aliphatic hydroxyl groups excluding tert-OH is 3. The van der Waals surface area contributed by atoms with Gasteiger partial charge in [0.25, 0.3) is 0 Å². The van der Waals surface area contributed by atoms with Crippen LogP contribution in [-0.4, -0.2) is 64.6 Å². The van der Waals surface area contributed by atoms with Crippen molar-refractivity contribution in [3.8, 4) is 0 Å². The van der Waals surface area contributed by atoms with Crippen LogP contribution in [0.25, 0.3) is 0 Å². The molecule has 0 unspecified atom stereocenters. The summed E-state index contributed by atoms with van der Waals surface area (Å²) < 4.78 is 10.6. The topological polar surface area (TPSA) is 130 Å². The van der Waals surface area contributed by atoms with Crippen LogP contribution in [0.2, 0.25) is 0 Å². The number of aliphatic hydroxyl groups is 3. The summed E-state index contributed by atoms with van der Waals surface area (Å²) in [7, 11) is 0. The Balaban J connectivity index is 2.04. The number of unbranched alkanes of at least 4 members (excludes halogenated alkanes) is 18. The number of hydrogen-bond acceptors (Lipinski definition) is 8. The van der Waals surface area contributed by atoms with Crippen LogP contribution < -0.4 is 0 Å². The Kier molecular flexibility index (Phi) is 29.4. The maximum absolute atomic E-state index is 12.4. The second-order valence-electron chi connectivity index (χ2n) is 15.7. The maximum Gasteiger partial charge on any atom is 0.306 e. The quantitative estimate of drug-likeness (QED) is 0.0340. The molecule has 0 aromatic heterocycles. The van der Waals surface area contributed by atoms with Crippen LogP contribution in [0.15, 0.2) is 12.2 Å². The summed E-state index contributed by atoms with van der Waals surface area (Å²) >= 11 is 0. The van der Waals surface area contributed by atoms with Crippen LogP contribution in [-0.2, 0) is 23.9 Å². The van der Waals surface area contributed by atoms with Crippen molar-refractivity contribution in [3.05, 3.63) is 12.2 Å². The number of carbonyl (C=O) groups excluding carboxylic acids is 3. The fourth-order valence-corrected chi connectivity index (χ4v) is 7.11. The Bertz CT molecular complexity index is 902. The monoisotopic (exact) mass is 723 g/mol. The molecule has 51 heavy (non-hydrogen) atoms. The van der Waals surface area contributed by atoms with Crippen molar-refractivity contribution in [3.63, 3.8) is 0 Å². The van der Waals surface area contributed by atoms with Gasteiger partial charge in [-0.25, -0.2) is 0 Å². The molecule has 8 heteroatoms. The minimum atomic E-state index is -0.841. The van der Waals surface area contributed by atoms with E-state index in [-0.39, 0.29) is 55.6 Å². The smallest absolute Gasteiger partial charge is 0.306 e. The van der Waals surface area contributed by atoms with Gasteiger partial charge >= 0.3 is 11.9 Å². The Hall–Kier alpha value is -1.77. The lowest BCUT2D eigenvalue weighted by Crippen LogP contribution is -2.28. The molecule has 5 atom stereocenters. The highest BCUT2D eigenvalue weighted by Gasteiger charge is 2.39. The van der Waals surface area contributed by atoms with Gasteiger partial charge in [-0.15, -0.1) is 0 Å². The number of carbonyl (C=O) groups is 3. The SMILES string of the molecule is CCCCC[C@H](O)/C=C/[C@H]1C(=O)C[C@H](O)[C@@H]1CCCCCCC(=O)OC[C@H](CO)OC(=O)CCCCCCCCCCCCCCCCC(C)C. The van der Waals surface area contributed by atoms with E-state index in [0.717, 1.165) is 70.1 Å². The largest absolute Gasteiger partial charge is 0.462 e. The van der Waals surface area contributed by atoms with E-state index in [0.29, 0.717) is 19.3 Å². The second kappa shape index (κ2) is 31.7. The van der Waals surface area contributed by atoms with E-state index in [1.807, 2.05) is 0 Å². The van der Waals surface area contributed by atoms with E-state index in [2.05, 4.69) is 20.8 Å². The predicted molar refractivity (Wildman–Crippen MR) is 206 cm³/mol. The first kappa shape index (κ1) is 47.3. The molecule has 0 bridgehead atoms. The normalized spacial score (nSPS) is 18.9. The van der Waals surface area contributed by atoms with Gasteiger partial charge in [0.05, 0.1) is 18.8 Å². The lowest BCUT2D eigenvalue weighted by Gasteiger charge is -2.19. The van der Waals surface area contributed by atoms with Crippen molar-refractivity contribution in [2.24, 2.45) is 17.8 Å². The third-order valence-electron chi connectivity index (χ3n) is 10.4. The van der Waals surface area contributed by atoms with Crippen molar-refractivity contribution in [1.82, 2.24) is 0 Å². The summed E-state index contributed by atoms with van der Waals surface area (Å²) in [5.74, 6) is -0.343. The van der Waals surface area contributed by atoms with Crippen LogP contribution in [0, 0.1) is 17.8 Å². The number of hydrogen-bond donors (Lipinski definition) is 3. The van der Waals surface area contributed by atoms with Gasteiger partial charge in [0.2, 0.25) is 0 Å². The minimum Gasteiger partial charge on any atom is -0.462 e. The van der Waals surface area contributed by atoms with Gasteiger partial charge in [-0.3, -0.25) is 14.4 Å². The zero-order valence-corrected chi connectivity index (χ0v) is 33.0. The van der Waals surface area contributed by atoms with E-state index in [1.165, 1.54) is 77.0 Å². The summed E-state index contributed by atoms with van der Waals surface area (Å²) in [6.07, 6.45) is 28.9. The van der Waals surface area contributed by atoms with Crippen LogP contribution in [0.1, 0.15) is 194 Å². The highest BCUT2D eigenvalue weighted by atomic mass is 16.6. The molecule has 1 aliphatic carbocycles. The molecule has 1 rings (SSSR count). The lowest BCUT2D eigenvalue weighted by atomic mass is 9.88. The summed E-state index contributed by atoms with van der Waals surface area (Å²) in [5.41, 5.74) is 0. The van der Waals surface area contributed by atoms with E-state index in [1.54, 1.807) is 12.2 Å². The lowest BCUT2D eigenvalue weighted by molar-refractivity contribution is -0.161. The van der Waals surface area contributed by atoms with Crippen LogP contribution >= 0.6 is 0 Å². The standard InChI is InChI=1S/C43H78O8/c1-4-5-20-26-36(45)30-31-39-38(40(46)32-41(39)47)27-22-18-19-23-28-42(48)50-34-37(33-44)51-43(49)29-24-17-15-13-11-9-7-6-8-10-12-14-16-21-25-35(2)3/h30-31,35-40,44-46H,4-29,32-34H2,1-3H3/b31-30+/t36-,37-,38+,39+,40-/m0/s1. The van der Waals surface area contributed by atoms with Gasteiger partial charge < -0.3 is 24.8 Å². The molecule has 0 radical (unpaired) electrons.